The van der Waals surface area contributed by atoms with E-state index in [0.29, 0.717) is 19.0 Å². The molecule has 0 aliphatic heterocycles. The topological polar surface area (TPSA) is 54.6 Å². The number of nitrogens with zero attached hydrogens (tertiary/aromatic N) is 1. The summed E-state index contributed by atoms with van der Waals surface area (Å²) in [6.07, 6.45) is 4.46. The van der Waals surface area contributed by atoms with Crippen LogP contribution in [0.2, 0.25) is 0 Å². The van der Waals surface area contributed by atoms with E-state index in [0.717, 1.165) is 46.4 Å². The number of rotatable bonds is 7. The summed E-state index contributed by atoms with van der Waals surface area (Å²) in [5, 5.41) is 1.11. The Balaban J connectivity index is 1.57. The van der Waals surface area contributed by atoms with Crippen LogP contribution in [0.25, 0.3) is 10.9 Å². The second kappa shape index (κ2) is 7.35. The van der Waals surface area contributed by atoms with Crippen LogP contribution in [0.15, 0.2) is 48.7 Å². The molecule has 1 saturated carbocycles. The van der Waals surface area contributed by atoms with Gasteiger partial charge in [-0.25, -0.2) is 0 Å². The molecule has 3 aromatic rings. The molecule has 1 amide bonds. The summed E-state index contributed by atoms with van der Waals surface area (Å²) in [6, 6.07) is 14.1. The quantitative estimate of drug-likeness (QED) is 0.691. The lowest BCUT2D eigenvalue weighted by Crippen LogP contribution is -2.33. The number of fused-ring (bicyclic) bond motifs is 1. The molecule has 0 unspecified atom stereocenters. The van der Waals surface area contributed by atoms with Crippen molar-refractivity contribution in [1.82, 2.24) is 9.88 Å². The summed E-state index contributed by atoms with van der Waals surface area (Å²) in [5.74, 6) is 1.69. The third-order valence-electron chi connectivity index (χ3n) is 5.15. The molecule has 4 rings (SSSR count). The molecule has 2 aromatic carbocycles. The first-order valence-electron chi connectivity index (χ1n) is 9.25. The number of amides is 1. The molecule has 0 spiro atoms. The summed E-state index contributed by atoms with van der Waals surface area (Å²) in [5.41, 5.74) is 3.07. The van der Waals surface area contributed by atoms with E-state index in [4.69, 9.17) is 9.47 Å². The Labute approximate surface area is 158 Å². The number of para-hydroxylation sites is 1. The van der Waals surface area contributed by atoms with Gasteiger partial charge in [0, 0.05) is 35.2 Å². The first-order valence-corrected chi connectivity index (χ1v) is 9.25. The van der Waals surface area contributed by atoms with E-state index in [-0.39, 0.29) is 5.91 Å². The van der Waals surface area contributed by atoms with Crippen molar-refractivity contribution in [2.75, 3.05) is 14.2 Å². The second-order valence-corrected chi connectivity index (χ2v) is 6.97. The van der Waals surface area contributed by atoms with Crippen molar-refractivity contribution >= 4 is 16.8 Å². The van der Waals surface area contributed by atoms with Gasteiger partial charge in [0.2, 0.25) is 5.91 Å². The molecule has 1 aromatic heterocycles. The summed E-state index contributed by atoms with van der Waals surface area (Å²) in [7, 11) is 3.30. The van der Waals surface area contributed by atoms with Gasteiger partial charge in [0.1, 0.15) is 11.5 Å². The van der Waals surface area contributed by atoms with Gasteiger partial charge in [0.15, 0.2) is 0 Å². The largest absolute Gasteiger partial charge is 0.497 e. The van der Waals surface area contributed by atoms with Gasteiger partial charge in [0.25, 0.3) is 0 Å². The minimum atomic E-state index is 0.145. The van der Waals surface area contributed by atoms with E-state index >= 15 is 0 Å². The van der Waals surface area contributed by atoms with Crippen LogP contribution in [0, 0.1) is 0 Å². The summed E-state index contributed by atoms with van der Waals surface area (Å²) < 4.78 is 10.8. The first kappa shape index (κ1) is 17.5. The maximum Gasteiger partial charge on any atom is 0.227 e. The molecule has 0 radical (unpaired) electrons. The zero-order valence-corrected chi connectivity index (χ0v) is 15.7. The minimum Gasteiger partial charge on any atom is -0.497 e. The van der Waals surface area contributed by atoms with Crippen LogP contribution in [0.4, 0.5) is 0 Å². The van der Waals surface area contributed by atoms with Gasteiger partial charge in [0.05, 0.1) is 20.6 Å². The molecular weight excluding hydrogens is 340 g/mol. The number of aromatic amines is 1. The highest BCUT2D eigenvalue weighted by Gasteiger charge is 2.33. The van der Waals surface area contributed by atoms with Gasteiger partial charge >= 0.3 is 0 Å². The van der Waals surface area contributed by atoms with Crippen molar-refractivity contribution in [3.63, 3.8) is 0 Å². The average molecular weight is 364 g/mol. The van der Waals surface area contributed by atoms with Crippen LogP contribution < -0.4 is 9.47 Å². The Hall–Kier alpha value is -2.95. The van der Waals surface area contributed by atoms with Crippen LogP contribution in [0.5, 0.6) is 11.5 Å². The molecule has 1 aliphatic rings. The van der Waals surface area contributed by atoms with Gasteiger partial charge in [-0.2, -0.15) is 0 Å². The van der Waals surface area contributed by atoms with E-state index in [9.17, 15) is 4.79 Å². The van der Waals surface area contributed by atoms with E-state index in [1.54, 1.807) is 14.2 Å². The molecule has 5 nitrogen and oxygen atoms in total. The number of hydrogen-bond acceptors (Lipinski definition) is 3. The fourth-order valence-corrected chi connectivity index (χ4v) is 3.54. The van der Waals surface area contributed by atoms with E-state index in [2.05, 4.69) is 11.1 Å². The lowest BCUT2D eigenvalue weighted by atomic mass is 10.1. The van der Waals surface area contributed by atoms with Crippen molar-refractivity contribution in [3.05, 3.63) is 59.8 Å². The van der Waals surface area contributed by atoms with Crippen LogP contribution in [0.3, 0.4) is 0 Å². The SMILES string of the molecule is COc1ccc(OC)c(CN(C(=O)Cc2c[nH]c3ccccc23)C2CC2)c1. The highest BCUT2D eigenvalue weighted by Crippen LogP contribution is 2.33. The monoisotopic (exact) mass is 364 g/mol. The average Bonchev–Trinajstić information content (AvgIpc) is 3.47. The van der Waals surface area contributed by atoms with Crippen LogP contribution in [-0.2, 0) is 17.8 Å². The Morgan fingerprint density at radius 1 is 1.11 bits per heavy atom. The standard InChI is InChI=1S/C22H24N2O3/c1-26-18-9-10-21(27-2)16(11-18)14-24(17-7-8-17)22(25)12-15-13-23-20-6-4-3-5-19(15)20/h3-6,9-11,13,17,23H,7-8,12,14H2,1-2H3. The van der Waals surface area contributed by atoms with E-state index < -0.39 is 0 Å². The number of carbonyl (C=O) groups is 1. The zero-order valence-electron chi connectivity index (χ0n) is 15.7. The lowest BCUT2D eigenvalue weighted by molar-refractivity contribution is -0.131. The van der Waals surface area contributed by atoms with Crippen LogP contribution >= 0.6 is 0 Å². The third kappa shape index (κ3) is 3.63. The Kier molecular flexibility index (Phi) is 4.75. The molecule has 1 aliphatic carbocycles. The smallest absolute Gasteiger partial charge is 0.227 e. The molecule has 0 saturated heterocycles. The maximum absolute atomic E-state index is 13.1. The van der Waals surface area contributed by atoms with Crippen molar-refractivity contribution in [1.29, 1.82) is 0 Å². The van der Waals surface area contributed by atoms with Gasteiger partial charge in [-0.15, -0.1) is 0 Å². The summed E-state index contributed by atoms with van der Waals surface area (Å²) in [6.45, 7) is 0.534. The molecule has 1 fully saturated rings. The number of hydrogen-bond donors (Lipinski definition) is 1. The lowest BCUT2D eigenvalue weighted by Gasteiger charge is -2.24. The molecule has 0 atom stereocenters. The molecule has 1 N–H and O–H groups in total. The Bertz CT molecular complexity index is 959. The second-order valence-electron chi connectivity index (χ2n) is 6.97. The highest BCUT2D eigenvalue weighted by molar-refractivity contribution is 5.89. The predicted octanol–water partition coefficient (Wildman–Crippen LogP) is 3.92. The van der Waals surface area contributed by atoms with E-state index in [1.807, 2.05) is 47.5 Å². The van der Waals surface area contributed by atoms with Crippen molar-refractivity contribution in [2.45, 2.75) is 31.8 Å². The summed E-state index contributed by atoms with van der Waals surface area (Å²) in [4.78, 5) is 18.4. The first-order chi connectivity index (χ1) is 13.2. The number of ether oxygens (including phenoxy) is 2. The number of aromatic nitrogens is 1. The van der Waals surface area contributed by atoms with Crippen molar-refractivity contribution < 1.29 is 14.3 Å². The van der Waals surface area contributed by atoms with Gasteiger partial charge in [-0.05, 0) is 42.7 Å². The van der Waals surface area contributed by atoms with Gasteiger partial charge in [-0.1, -0.05) is 18.2 Å². The predicted molar refractivity (Wildman–Crippen MR) is 105 cm³/mol. The van der Waals surface area contributed by atoms with Gasteiger partial charge < -0.3 is 19.4 Å². The number of H-pyrrole nitrogens is 1. The van der Waals surface area contributed by atoms with Gasteiger partial charge in [-0.3, -0.25) is 4.79 Å². The number of methoxy groups -OCH3 is 2. The van der Waals surface area contributed by atoms with E-state index in [1.165, 1.54) is 0 Å². The molecule has 1 heterocycles. The molecule has 140 valence electrons. The molecule has 27 heavy (non-hydrogen) atoms. The fourth-order valence-electron chi connectivity index (χ4n) is 3.54. The molecule has 5 heteroatoms. The Morgan fingerprint density at radius 2 is 1.93 bits per heavy atom. The third-order valence-corrected chi connectivity index (χ3v) is 5.15. The Morgan fingerprint density at radius 3 is 2.67 bits per heavy atom. The van der Waals surface area contributed by atoms with Crippen LogP contribution in [0.1, 0.15) is 24.0 Å². The summed E-state index contributed by atoms with van der Waals surface area (Å²) >= 11 is 0. The molecule has 0 bridgehead atoms. The minimum absolute atomic E-state index is 0.145. The van der Waals surface area contributed by atoms with Crippen molar-refractivity contribution in [2.24, 2.45) is 0 Å². The van der Waals surface area contributed by atoms with Crippen LogP contribution in [-0.4, -0.2) is 36.1 Å². The fraction of sp³-hybridized carbons (Fsp3) is 0.318. The number of carbonyl (C=O) groups excluding carboxylic acids is 1. The normalized spacial score (nSPS) is 13.6. The zero-order chi connectivity index (χ0) is 18.8. The maximum atomic E-state index is 13.1. The molecular formula is C22H24N2O3. The highest BCUT2D eigenvalue weighted by atomic mass is 16.5. The number of nitrogens with one attached hydrogen (secondary N) is 1. The van der Waals surface area contributed by atoms with Crippen molar-refractivity contribution in [3.8, 4) is 11.5 Å². The number of benzene rings is 2.